The number of carbonyl (C=O) groups excluding carboxylic acids is 1. The first kappa shape index (κ1) is 13.9. The zero-order valence-electron chi connectivity index (χ0n) is 9.45. The number of benzene rings is 1. The fourth-order valence-electron chi connectivity index (χ4n) is 1.35. The molecule has 1 aromatic carbocycles. The Morgan fingerprint density at radius 1 is 1.05 bits per heavy atom. The van der Waals surface area contributed by atoms with Gasteiger partial charge in [0, 0.05) is 6.20 Å². The molecule has 0 aliphatic rings. The molecular weight excluding hydrogens is 309 g/mol. The van der Waals surface area contributed by atoms with E-state index >= 15 is 0 Å². The zero-order valence-corrected chi connectivity index (χ0v) is 11.7. The van der Waals surface area contributed by atoms with Crippen molar-refractivity contribution in [2.45, 2.75) is 0 Å². The van der Waals surface area contributed by atoms with E-state index in [-0.39, 0.29) is 10.7 Å². The Bertz CT molecular complexity index is 605. The zero-order chi connectivity index (χ0) is 13.8. The van der Waals surface area contributed by atoms with Crippen molar-refractivity contribution in [1.82, 2.24) is 4.98 Å². The molecule has 0 fully saturated rings. The maximum absolute atomic E-state index is 11.8. The van der Waals surface area contributed by atoms with Crippen molar-refractivity contribution in [1.29, 1.82) is 0 Å². The second kappa shape index (κ2) is 6.10. The van der Waals surface area contributed by atoms with Crippen molar-refractivity contribution >= 4 is 52.2 Å². The second-order valence-electron chi connectivity index (χ2n) is 3.54. The lowest BCUT2D eigenvalue weighted by molar-refractivity contribution is 0.262. The summed E-state index contributed by atoms with van der Waals surface area (Å²) in [6.45, 7) is 0. The van der Waals surface area contributed by atoms with Crippen molar-refractivity contribution in [2.24, 2.45) is 0 Å². The molecule has 0 unspecified atom stereocenters. The van der Waals surface area contributed by atoms with Crippen LogP contribution in [0.15, 0.2) is 36.7 Å². The first-order chi connectivity index (χ1) is 9.08. The fraction of sp³-hybridized carbons (Fsp3) is 0. The number of pyridine rings is 1. The van der Waals surface area contributed by atoms with E-state index in [1.807, 2.05) is 0 Å². The van der Waals surface area contributed by atoms with Gasteiger partial charge in [-0.15, -0.1) is 0 Å². The maximum atomic E-state index is 11.8. The van der Waals surface area contributed by atoms with Crippen molar-refractivity contribution in [3.63, 3.8) is 0 Å². The number of hydrogen-bond acceptors (Lipinski definition) is 2. The fourth-order valence-corrected chi connectivity index (χ4v) is 1.98. The molecule has 98 valence electrons. The third kappa shape index (κ3) is 3.50. The van der Waals surface area contributed by atoms with E-state index in [1.54, 1.807) is 30.5 Å². The molecule has 0 bridgehead atoms. The van der Waals surface area contributed by atoms with Crippen molar-refractivity contribution < 1.29 is 4.79 Å². The Hall–Kier alpha value is -1.49. The predicted octanol–water partition coefficient (Wildman–Crippen LogP) is 4.69. The summed E-state index contributed by atoms with van der Waals surface area (Å²) in [7, 11) is 0. The van der Waals surface area contributed by atoms with Gasteiger partial charge in [0.2, 0.25) is 0 Å². The van der Waals surface area contributed by atoms with Crippen molar-refractivity contribution in [2.75, 3.05) is 10.6 Å². The first-order valence-electron chi connectivity index (χ1n) is 5.19. The lowest BCUT2D eigenvalue weighted by Crippen LogP contribution is -2.20. The predicted molar refractivity (Wildman–Crippen MR) is 78.4 cm³/mol. The topological polar surface area (TPSA) is 54.0 Å². The summed E-state index contributed by atoms with van der Waals surface area (Å²) in [6.07, 6.45) is 3.12. The molecule has 0 atom stereocenters. The van der Waals surface area contributed by atoms with Gasteiger partial charge in [-0.05, 0) is 24.3 Å². The number of urea groups is 1. The molecule has 0 saturated carbocycles. The summed E-state index contributed by atoms with van der Waals surface area (Å²) >= 11 is 17.8. The van der Waals surface area contributed by atoms with Crippen LogP contribution in [0.25, 0.3) is 0 Å². The maximum Gasteiger partial charge on any atom is 0.323 e. The number of nitrogens with zero attached hydrogens (tertiary/aromatic N) is 1. The van der Waals surface area contributed by atoms with E-state index < -0.39 is 6.03 Å². The van der Waals surface area contributed by atoms with E-state index in [0.29, 0.717) is 15.7 Å². The molecule has 1 heterocycles. The number of anilines is 2. The molecule has 0 aliphatic heterocycles. The highest BCUT2D eigenvalue weighted by Crippen LogP contribution is 2.35. The summed E-state index contributed by atoms with van der Waals surface area (Å²) in [4.78, 5) is 15.7. The minimum atomic E-state index is -0.487. The number of rotatable bonds is 2. The molecule has 0 saturated heterocycles. The third-order valence-corrected chi connectivity index (χ3v) is 3.32. The summed E-state index contributed by atoms with van der Waals surface area (Å²) in [5.41, 5.74) is 0.812. The average molecular weight is 317 g/mol. The third-order valence-electron chi connectivity index (χ3n) is 2.20. The van der Waals surface area contributed by atoms with Crippen LogP contribution in [0.4, 0.5) is 16.2 Å². The van der Waals surface area contributed by atoms with Crippen molar-refractivity contribution in [3.8, 4) is 0 Å². The number of aromatic nitrogens is 1. The molecule has 0 radical (unpaired) electrons. The molecule has 0 spiro atoms. The molecule has 2 N–H and O–H groups in total. The Morgan fingerprint density at radius 2 is 1.79 bits per heavy atom. The molecule has 7 heteroatoms. The van der Waals surface area contributed by atoms with Crippen LogP contribution < -0.4 is 10.6 Å². The SMILES string of the molecule is O=C(Nc1cccnc1)Nc1c(Cl)ccc(Cl)c1Cl. The first-order valence-corrected chi connectivity index (χ1v) is 6.33. The van der Waals surface area contributed by atoms with Gasteiger partial charge in [-0.1, -0.05) is 34.8 Å². The minimum Gasteiger partial charge on any atom is -0.306 e. The number of carbonyl (C=O) groups is 1. The molecule has 4 nitrogen and oxygen atoms in total. The quantitative estimate of drug-likeness (QED) is 0.790. The van der Waals surface area contributed by atoms with Crippen LogP contribution in [0.3, 0.4) is 0 Å². The number of nitrogens with one attached hydrogen (secondary N) is 2. The van der Waals surface area contributed by atoms with Crippen LogP contribution in [0.2, 0.25) is 15.1 Å². The standard InChI is InChI=1S/C12H8Cl3N3O/c13-8-3-4-9(14)11(10(8)15)18-12(19)17-7-2-1-5-16-6-7/h1-6H,(H2,17,18,19). The Balaban J connectivity index is 2.14. The van der Waals surface area contributed by atoms with Gasteiger partial charge in [-0.2, -0.15) is 0 Å². The molecule has 2 amide bonds. The summed E-state index contributed by atoms with van der Waals surface area (Å²) in [6, 6.07) is 6.02. The van der Waals surface area contributed by atoms with Gasteiger partial charge < -0.3 is 10.6 Å². The van der Waals surface area contributed by atoms with Crippen LogP contribution in [0.5, 0.6) is 0 Å². The van der Waals surface area contributed by atoms with Gasteiger partial charge in [0.15, 0.2) is 0 Å². The number of halogens is 3. The Kier molecular flexibility index (Phi) is 4.47. The minimum absolute atomic E-state index is 0.190. The van der Waals surface area contributed by atoms with Crippen LogP contribution in [-0.2, 0) is 0 Å². The summed E-state index contributed by atoms with van der Waals surface area (Å²) in [5, 5.41) is 5.93. The Morgan fingerprint density at radius 3 is 2.47 bits per heavy atom. The van der Waals surface area contributed by atoms with Gasteiger partial charge in [-0.3, -0.25) is 4.98 Å². The van der Waals surface area contributed by atoms with Crippen LogP contribution in [0, 0.1) is 0 Å². The van der Waals surface area contributed by atoms with Gasteiger partial charge in [-0.25, -0.2) is 4.79 Å². The van der Waals surface area contributed by atoms with Crippen molar-refractivity contribution in [3.05, 3.63) is 51.7 Å². The monoisotopic (exact) mass is 315 g/mol. The highest BCUT2D eigenvalue weighted by Gasteiger charge is 2.12. The molecule has 2 rings (SSSR count). The smallest absolute Gasteiger partial charge is 0.306 e. The van der Waals surface area contributed by atoms with Gasteiger partial charge in [0.05, 0.1) is 32.6 Å². The summed E-state index contributed by atoms with van der Waals surface area (Å²) < 4.78 is 0. The normalized spacial score (nSPS) is 10.1. The molecular formula is C12H8Cl3N3O. The van der Waals surface area contributed by atoms with Crippen LogP contribution in [-0.4, -0.2) is 11.0 Å². The van der Waals surface area contributed by atoms with Gasteiger partial charge in [0.1, 0.15) is 0 Å². The van der Waals surface area contributed by atoms with E-state index in [1.165, 1.54) is 6.20 Å². The van der Waals surface area contributed by atoms with Gasteiger partial charge >= 0.3 is 6.03 Å². The highest BCUT2D eigenvalue weighted by molar-refractivity contribution is 6.46. The van der Waals surface area contributed by atoms with E-state index in [0.717, 1.165) is 0 Å². The van der Waals surface area contributed by atoms with E-state index in [2.05, 4.69) is 15.6 Å². The highest BCUT2D eigenvalue weighted by atomic mass is 35.5. The van der Waals surface area contributed by atoms with Gasteiger partial charge in [0.25, 0.3) is 0 Å². The largest absolute Gasteiger partial charge is 0.323 e. The van der Waals surface area contributed by atoms with Crippen LogP contribution >= 0.6 is 34.8 Å². The number of amides is 2. The van der Waals surface area contributed by atoms with E-state index in [9.17, 15) is 4.79 Å². The molecule has 1 aromatic heterocycles. The lowest BCUT2D eigenvalue weighted by Gasteiger charge is -2.11. The molecule has 2 aromatic rings. The second-order valence-corrected chi connectivity index (χ2v) is 4.73. The van der Waals surface area contributed by atoms with Crippen LogP contribution in [0.1, 0.15) is 0 Å². The average Bonchev–Trinajstić information content (AvgIpc) is 2.40. The molecule has 19 heavy (non-hydrogen) atoms. The number of hydrogen-bond donors (Lipinski definition) is 2. The van der Waals surface area contributed by atoms with E-state index in [4.69, 9.17) is 34.8 Å². The Labute approximate surface area is 124 Å². The molecule has 0 aliphatic carbocycles. The lowest BCUT2D eigenvalue weighted by atomic mass is 10.3. The summed E-state index contributed by atoms with van der Waals surface area (Å²) in [5.74, 6) is 0.